The minimum Gasteiger partial charge on any atom is -0.349 e. The van der Waals surface area contributed by atoms with Crippen LogP contribution < -0.4 is 5.32 Å². The van der Waals surface area contributed by atoms with E-state index in [2.05, 4.69) is 40.4 Å². The number of likely N-dealkylation sites (tertiary alicyclic amines) is 1. The summed E-state index contributed by atoms with van der Waals surface area (Å²) in [6.45, 7) is 7.23. The smallest absolute Gasteiger partial charge is 0.293 e. The Hall–Kier alpha value is -3.49. The number of carbonyl (C=O) groups is 2. The number of hydrogen-bond acceptors (Lipinski definition) is 5. The zero-order chi connectivity index (χ0) is 22.8. The Labute approximate surface area is 187 Å². The van der Waals surface area contributed by atoms with Crippen molar-refractivity contribution < 1.29 is 9.59 Å². The van der Waals surface area contributed by atoms with Crippen molar-refractivity contribution >= 4 is 11.8 Å². The molecule has 0 unspecified atom stereocenters. The van der Waals surface area contributed by atoms with Crippen LogP contribution in [0.15, 0.2) is 36.7 Å². The third-order valence-electron chi connectivity index (χ3n) is 5.83. The number of amides is 2. The zero-order valence-electron chi connectivity index (χ0n) is 18.9. The molecule has 0 spiro atoms. The van der Waals surface area contributed by atoms with Crippen molar-refractivity contribution in [3.05, 3.63) is 59.4 Å². The van der Waals surface area contributed by atoms with Crippen LogP contribution in [0.4, 0.5) is 0 Å². The van der Waals surface area contributed by atoms with Crippen LogP contribution in [0.1, 0.15) is 65.0 Å². The number of benzene rings is 1. The van der Waals surface area contributed by atoms with Gasteiger partial charge in [-0.2, -0.15) is 5.10 Å². The largest absolute Gasteiger partial charge is 0.349 e. The molecule has 168 valence electrons. The molecule has 4 rings (SSSR count). The number of piperidine rings is 1. The van der Waals surface area contributed by atoms with Crippen molar-refractivity contribution in [3.63, 3.8) is 0 Å². The van der Waals surface area contributed by atoms with E-state index < -0.39 is 0 Å². The molecule has 0 radical (unpaired) electrons. The maximum absolute atomic E-state index is 13.1. The van der Waals surface area contributed by atoms with Gasteiger partial charge in [0.05, 0.1) is 17.4 Å². The van der Waals surface area contributed by atoms with E-state index in [1.807, 2.05) is 25.1 Å². The molecule has 0 bridgehead atoms. The minimum absolute atomic E-state index is 0.0249. The first-order chi connectivity index (χ1) is 15.3. The molecular formula is C23H29N7O2. The highest BCUT2D eigenvalue weighted by Crippen LogP contribution is 2.23. The van der Waals surface area contributed by atoms with Crippen molar-refractivity contribution in [3.8, 4) is 5.69 Å². The number of carbonyl (C=O) groups excluding carboxylic acids is 2. The highest BCUT2D eigenvalue weighted by atomic mass is 16.2. The van der Waals surface area contributed by atoms with Gasteiger partial charge in [-0.1, -0.05) is 32.0 Å². The summed E-state index contributed by atoms with van der Waals surface area (Å²) in [5.41, 5.74) is 2.64. The molecule has 32 heavy (non-hydrogen) atoms. The molecular weight excluding hydrogens is 406 g/mol. The van der Waals surface area contributed by atoms with Crippen molar-refractivity contribution in [1.82, 2.24) is 34.8 Å². The molecule has 1 aliphatic rings. The molecule has 0 aliphatic carbocycles. The molecule has 2 amide bonds. The molecule has 9 heteroatoms. The van der Waals surface area contributed by atoms with Crippen molar-refractivity contribution in [2.75, 3.05) is 13.1 Å². The third-order valence-corrected chi connectivity index (χ3v) is 5.83. The van der Waals surface area contributed by atoms with Gasteiger partial charge in [0.2, 0.25) is 5.82 Å². The second-order valence-corrected chi connectivity index (χ2v) is 8.55. The van der Waals surface area contributed by atoms with Crippen LogP contribution in [0.25, 0.3) is 5.69 Å². The van der Waals surface area contributed by atoms with E-state index in [4.69, 9.17) is 0 Å². The SMILES string of the molecule is Cc1nc(C(=O)N2CCC(NC(=O)c3cnn(C)c3)CC2)nn1-c1ccccc1C(C)C. The molecule has 0 saturated carbocycles. The Morgan fingerprint density at radius 1 is 1.16 bits per heavy atom. The first-order valence-electron chi connectivity index (χ1n) is 10.9. The fourth-order valence-electron chi connectivity index (χ4n) is 4.05. The predicted molar refractivity (Wildman–Crippen MR) is 120 cm³/mol. The van der Waals surface area contributed by atoms with E-state index in [9.17, 15) is 9.59 Å². The lowest BCUT2D eigenvalue weighted by Crippen LogP contribution is -2.46. The van der Waals surface area contributed by atoms with Gasteiger partial charge in [0.25, 0.3) is 11.8 Å². The highest BCUT2D eigenvalue weighted by molar-refractivity contribution is 5.94. The molecule has 2 aromatic heterocycles. The first kappa shape index (κ1) is 21.7. The minimum atomic E-state index is -0.175. The van der Waals surface area contributed by atoms with Crippen molar-refractivity contribution in [2.45, 2.75) is 45.6 Å². The Morgan fingerprint density at radius 2 is 1.88 bits per heavy atom. The van der Waals surface area contributed by atoms with Crippen LogP contribution in [-0.2, 0) is 7.05 Å². The van der Waals surface area contributed by atoms with Gasteiger partial charge in [-0.15, -0.1) is 5.10 Å². The van der Waals surface area contributed by atoms with Gasteiger partial charge in [0.15, 0.2) is 0 Å². The second-order valence-electron chi connectivity index (χ2n) is 8.55. The summed E-state index contributed by atoms with van der Waals surface area (Å²) >= 11 is 0. The number of nitrogens with zero attached hydrogens (tertiary/aromatic N) is 6. The standard InChI is InChI=1S/C23H29N7O2/c1-15(2)19-7-5-6-8-20(19)30-16(3)25-21(27-30)23(32)29-11-9-18(10-12-29)26-22(31)17-13-24-28(4)14-17/h5-8,13-15,18H,9-12H2,1-4H3,(H,26,31). The lowest BCUT2D eigenvalue weighted by molar-refractivity contribution is 0.0686. The Morgan fingerprint density at radius 3 is 2.53 bits per heavy atom. The maximum Gasteiger partial charge on any atom is 0.293 e. The van der Waals surface area contributed by atoms with Crippen LogP contribution in [0.5, 0.6) is 0 Å². The molecule has 0 atom stereocenters. The first-order valence-corrected chi connectivity index (χ1v) is 10.9. The summed E-state index contributed by atoms with van der Waals surface area (Å²) in [6.07, 6.45) is 4.62. The fraction of sp³-hybridized carbons (Fsp3) is 0.435. The number of aryl methyl sites for hydroxylation is 2. The van der Waals surface area contributed by atoms with E-state index in [-0.39, 0.29) is 23.7 Å². The van der Waals surface area contributed by atoms with E-state index in [1.165, 1.54) is 0 Å². The van der Waals surface area contributed by atoms with Crippen molar-refractivity contribution in [1.29, 1.82) is 0 Å². The molecule has 3 aromatic rings. The maximum atomic E-state index is 13.1. The van der Waals surface area contributed by atoms with Gasteiger partial charge in [-0.05, 0) is 37.3 Å². The van der Waals surface area contributed by atoms with Crippen LogP contribution in [-0.4, -0.2) is 60.4 Å². The van der Waals surface area contributed by atoms with E-state index in [0.717, 1.165) is 11.3 Å². The van der Waals surface area contributed by atoms with Crippen LogP contribution >= 0.6 is 0 Å². The van der Waals surface area contributed by atoms with E-state index >= 15 is 0 Å². The van der Waals surface area contributed by atoms with Gasteiger partial charge in [-0.3, -0.25) is 14.3 Å². The summed E-state index contributed by atoms with van der Waals surface area (Å²) < 4.78 is 3.35. The van der Waals surface area contributed by atoms with Crippen LogP contribution in [0, 0.1) is 6.92 Å². The normalized spacial score (nSPS) is 14.7. The number of rotatable bonds is 5. The van der Waals surface area contributed by atoms with Gasteiger partial charge >= 0.3 is 0 Å². The molecule has 9 nitrogen and oxygen atoms in total. The van der Waals surface area contributed by atoms with Crippen LogP contribution in [0.3, 0.4) is 0 Å². The molecule has 1 aromatic carbocycles. The van der Waals surface area contributed by atoms with Gasteiger partial charge < -0.3 is 10.2 Å². The number of aromatic nitrogens is 5. The van der Waals surface area contributed by atoms with Gasteiger partial charge in [0.1, 0.15) is 5.82 Å². The molecule has 1 N–H and O–H groups in total. The Bertz CT molecular complexity index is 1120. The summed E-state index contributed by atoms with van der Waals surface area (Å²) in [4.78, 5) is 31.6. The van der Waals surface area contributed by atoms with E-state index in [0.29, 0.717) is 43.2 Å². The number of nitrogens with one attached hydrogen (secondary N) is 1. The van der Waals surface area contributed by atoms with Crippen LogP contribution in [0.2, 0.25) is 0 Å². The van der Waals surface area contributed by atoms with Gasteiger partial charge in [-0.25, -0.2) is 9.67 Å². The topological polar surface area (TPSA) is 97.9 Å². The molecule has 1 fully saturated rings. The Balaban J connectivity index is 1.41. The quantitative estimate of drug-likeness (QED) is 0.664. The molecule has 1 aliphatic heterocycles. The lowest BCUT2D eigenvalue weighted by Gasteiger charge is -2.31. The summed E-state index contributed by atoms with van der Waals surface area (Å²) in [7, 11) is 1.78. The van der Waals surface area contributed by atoms with Crippen molar-refractivity contribution in [2.24, 2.45) is 7.05 Å². The summed E-state index contributed by atoms with van der Waals surface area (Å²) in [5.74, 6) is 0.905. The lowest BCUT2D eigenvalue weighted by atomic mass is 10.0. The highest BCUT2D eigenvalue weighted by Gasteiger charge is 2.28. The average Bonchev–Trinajstić information content (AvgIpc) is 3.39. The zero-order valence-corrected chi connectivity index (χ0v) is 18.9. The third kappa shape index (κ3) is 4.42. The number of para-hydroxylation sites is 1. The predicted octanol–water partition coefficient (Wildman–Crippen LogP) is 2.47. The fourth-order valence-corrected chi connectivity index (χ4v) is 4.05. The molecule has 3 heterocycles. The number of hydrogen-bond donors (Lipinski definition) is 1. The summed E-state index contributed by atoms with van der Waals surface area (Å²) in [5, 5.41) is 11.6. The monoisotopic (exact) mass is 435 g/mol. The Kier molecular flexibility index (Phi) is 6.07. The molecule has 1 saturated heterocycles. The van der Waals surface area contributed by atoms with E-state index in [1.54, 1.807) is 33.7 Å². The second kappa shape index (κ2) is 8.94. The average molecular weight is 436 g/mol. The van der Waals surface area contributed by atoms with Gasteiger partial charge in [0, 0.05) is 32.4 Å². The summed E-state index contributed by atoms with van der Waals surface area (Å²) in [6, 6.07) is 8.08.